The number of esters is 1. The van der Waals surface area contributed by atoms with Gasteiger partial charge in [0, 0.05) is 23.1 Å². The Kier molecular flexibility index (Phi) is 3.91. The summed E-state index contributed by atoms with van der Waals surface area (Å²) in [6, 6.07) is 8.45. The number of thiazole rings is 1. The third-order valence-corrected chi connectivity index (χ3v) is 5.80. The lowest BCUT2D eigenvalue weighted by molar-refractivity contribution is -0.156. The molecule has 3 heterocycles. The van der Waals surface area contributed by atoms with Crippen LogP contribution in [0.25, 0.3) is 10.6 Å². The highest BCUT2D eigenvalue weighted by molar-refractivity contribution is 7.13. The summed E-state index contributed by atoms with van der Waals surface area (Å²) >= 11 is 1.63. The summed E-state index contributed by atoms with van der Waals surface area (Å²) in [5.74, 6) is -0.159. The number of nitrogens with zero attached hydrogens (tertiary/aromatic N) is 1. The van der Waals surface area contributed by atoms with Crippen LogP contribution in [0.2, 0.25) is 0 Å². The first kappa shape index (κ1) is 14.8. The molecule has 0 unspecified atom stereocenters. The Morgan fingerprint density at radius 3 is 2.83 bits per heavy atom. The fourth-order valence-electron chi connectivity index (χ4n) is 3.89. The Bertz CT molecular complexity index is 683. The molecule has 2 bridgehead atoms. The summed E-state index contributed by atoms with van der Waals surface area (Å²) in [5, 5.41) is 3.00. The number of hydrogen-bond donors (Lipinski definition) is 0. The van der Waals surface area contributed by atoms with Gasteiger partial charge in [0.1, 0.15) is 5.01 Å². The molecule has 2 fully saturated rings. The Morgan fingerprint density at radius 2 is 2.13 bits per heavy atom. The molecule has 0 spiro atoms. The van der Waals surface area contributed by atoms with Gasteiger partial charge in [0.05, 0.1) is 25.2 Å². The van der Waals surface area contributed by atoms with Gasteiger partial charge in [0.2, 0.25) is 0 Å². The number of aromatic nitrogens is 1. The number of carbonyl (C=O) groups excluding carboxylic acids is 1. The lowest BCUT2D eigenvalue weighted by atomic mass is 9.79. The average Bonchev–Trinajstić information content (AvgIpc) is 3.25. The van der Waals surface area contributed by atoms with E-state index in [-0.39, 0.29) is 30.0 Å². The van der Waals surface area contributed by atoms with E-state index in [9.17, 15) is 4.79 Å². The second-order valence-electron chi connectivity index (χ2n) is 6.22. The van der Waals surface area contributed by atoms with Gasteiger partial charge in [-0.05, 0) is 24.8 Å². The van der Waals surface area contributed by atoms with Crippen molar-refractivity contribution in [3.05, 3.63) is 41.4 Å². The van der Waals surface area contributed by atoms with E-state index in [1.165, 1.54) is 12.7 Å². The molecule has 0 saturated carbocycles. The van der Waals surface area contributed by atoms with Gasteiger partial charge in [0.25, 0.3) is 0 Å². The Balaban J connectivity index is 1.63. The molecule has 4 nitrogen and oxygen atoms in total. The highest BCUT2D eigenvalue weighted by Crippen LogP contribution is 2.45. The van der Waals surface area contributed by atoms with E-state index in [4.69, 9.17) is 9.47 Å². The van der Waals surface area contributed by atoms with Crippen LogP contribution in [-0.2, 0) is 14.3 Å². The van der Waals surface area contributed by atoms with Crippen molar-refractivity contribution in [1.82, 2.24) is 4.98 Å². The van der Waals surface area contributed by atoms with E-state index in [2.05, 4.69) is 29.2 Å². The summed E-state index contributed by atoms with van der Waals surface area (Å²) in [7, 11) is 1.46. The minimum Gasteiger partial charge on any atom is -0.469 e. The minimum absolute atomic E-state index is 0.00448. The van der Waals surface area contributed by atoms with Crippen LogP contribution in [-0.4, -0.2) is 30.3 Å². The maximum Gasteiger partial charge on any atom is 0.311 e. The Labute approximate surface area is 139 Å². The number of fused-ring (bicyclic) bond motifs is 2. The number of methoxy groups -OCH3 is 1. The first-order valence-corrected chi connectivity index (χ1v) is 8.87. The van der Waals surface area contributed by atoms with E-state index in [0.29, 0.717) is 0 Å². The molecule has 1 aromatic carbocycles. The van der Waals surface area contributed by atoms with Crippen LogP contribution in [0.4, 0.5) is 0 Å². The molecule has 23 heavy (non-hydrogen) atoms. The summed E-state index contributed by atoms with van der Waals surface area (Å²) in [6.45, 7) is 0. The zero-order chi connectivity index (χ0) is 15.8. The molecule has 0 aliphatic carbocycles. The van der Waals surface area contributed by atoms with Crippen molar-refractivity contribution in [3.63, 3.8) is 0 Å². The van der Waals surface area contributed by atoms with E-state index in [1.807, 2.05) is 11.6 Å². The molecule has 0 amide bonds. The summed E-state index contributed by atoms with van der Waals surface area (Å²) in [6.07, 6.45) is 5.00. The third-order valence-electron chi connectivity index (χ3n) is 4.98. The second-order valence-corrected chi connectivity index (χ2v) is 7.12. The molecular weight excluding hydrogens is 310 g/mol. The molecule has 0 N–H and O–H groups in total. The summed E-state index contributed by atoms with van der Waals surface area (Å²) in [5.41, 5.74) is 2.31. The van der Waals surface area contributed by atoms with Crippen molar-refractivity contribution in [1.29, 1.82) is 0 Å². The highest BCUT2D eigenvalue weighted by atomic mass is 32.1. The third kappa shape index (κ3) is 2.68. The largest absolute Gasteiger partial charge is 0.469 e. The number of benzene rings is 1. The number of ether oxygens (including phenoxy) is 2. The molecule has 4 atom stereocenters. The minimum atomic E-state index is -0.190. The fraction of sp³-hybridized carbons (Fsp3) is 0.444. The SMILES string of the molecule is COC(=O)[C@H]1[C@@H](c2ccc(-c3nccs3)cc2)C[C@@H]2CC[C@H]1O2. The summed E-state index contributed by atoms with van der Waals surface area (Å²) in [4.78, 5) is 16.6. The lowest BCUT2D eigenvalue weighted by Gasteiger charge is -2.35. The van der Waals surface area contributed by atoms with Crippen LogP contribution in [0.3, 0.4) is 0 Å². The van der Waals surface area contributed by atoms with Gasteiger partial charge in [-0.2, -0.15) is 0 Å². The van der Waals surface area contributed by atoms with Crippen LogP contribution in [0.5, 0.6) is 0 Å². The Hall–Kier alpha value is -1.72. The first-order chi connectivity index (χ1) is 11.3. The van der Waals surface area contributed by atoms with Crippen LogP contribution in [0.1, 0.15) is 30.7 Å². The van der Waals surface area contributed by atoms with Crippen LogP contribution >= 0.6 is 11.3 Å². The Morgan fingerprint density at radius 1 is 1.30 bits per heavy atom. The maximum atomic E-state index is 12.3. The summed E-state index contributed by atoms with van der Waals surface area (Å²) < 4.78 is 11.0. The predicted molar refractivity (Wildman–Crippen MR) is 88.3 cm³/mol. The van der Waals surface area contributed by atoms with Crippen molar-refractivity contribution in [3.8, 4) is 10.6 Å². The standard InChI is InChI=1S/C18H19NO3S/c1-21-18(20)16-14(10-13-6-7-15(16)22-13)11-2-4-12(5-3-11)17-19-8-9-23-17/h2-5,8-9,13-16H,6-7,10H2,1H3/t13-,14+,15+,16-/m0/s1. The topological polar surface area (TPSA) is 48.4 Å². The number of carbonyl (C=O) groups is 1. The second kappa shape index (κ2) is 6.06. The number of hydrogen-bond acceptors (Lipinski definition) is 5. The van der Waals surface area contributed by atoms with Gasteiger partial charge in [-0.3, -0.25) is 4.79 Å². The van der Waals surface area contributed by atoms with E-state index in [0.717, 1.165) is 29.8 Å². The van der Waals surface area contributed by atoms with Crippen LogP contribution < -0.4 is 0 Å². The molecular formula is C18H19NO3S. The smallest absolute Gasteiger partial charge is 0.311 e. The van der Waals surface area contributed by atoms with Crippen molar-refractivity contribution in [2.45, 2.75) is 37.4 Å². The number of rotatable bonds is 3. The molecule has 120 valence electrons. The van der Waals surface area contributed by atoms with Crippen molar-refractivity contribution < 1.29 is 14.3 Å². The van der Waals surface area contributed by atoms with Gasteiger partial charge in [-0.1, -0.05) is 24.3 Å². The first-order valence-electron chi connectivity index (χ1n) is 7.99. The van der Waals surface area contributed by atoms with Gasteiger partial charge in [0.15, 0.2) is 0 Å². The van der Waals surface area contributed by atoms with E-state index >= 15 is 0 Å². The zero-order valence-corrected chi connectivity index (χ0v) is 13.8. The molecule has 2 aliphatic heterocycles. The average molecular weight is 329 g/mol. The van der Waals surface area contributed by atoms with Gasteiger partial charge in [-0.25, -0.2) is 4.98 Å². The fourth-order valence-corrected chi connectivity index (χ4v) is 4.54. The molecule has 2 saturated heterocycles. The van der Waals surface area contributed by atoms with Crippen molar-refractivity contribution in [2.24, 2.45) is 5.92 Å². The highest BCUT2D eigenvalue weighted by Gasteiger charge is 2.47. The zero-order valence-electron chi connectivity index (χ0n) is 13.0. The van der Waals surface area contributed by atoms with Gasteiger partial charge < -0.3 is 9.47 Å². The molecule has 2 aliphatic rings. The van der Waals surface area contributed by atoms with E-state index < -0.39 is 0 Å². The van der Waals surface area contributed by atoms with Crippen LogP contribution in [0.15, 0.2) is 35.8 Å². The van der Waals surface area contributed by atoms with Crippen molar-refractivity contribution in [2.75, 3.05) is 7.11 Å². The molecule has 1 aromatic heterocycles. The lowest BCUT2D eigenvalue weighted by Crippen LogP contribution is -2.39. The quantitative estimate of drug-likeness (QED) is 0.807. The monoisotopic (exact) mass is 329 g/mol. The molecule has 0 radical (unpaired) electrons. The van der Waals surface area contributed by atoms with Crippen LogP contribution in [0, 0.1) is 5.92 Å². The molecule has 4 rings (SSSR count). The van der Waals surface area contributed by atoms with E-state index in [1.54, 1.807) is 11.3 Å². The maximum absolute atomic E-state index is 12.3. The molecule has 5 heteroatoms. The normalized spacial score (nSPS) is 29.4. The predicted octanol–water partition coefficient (Wildman–Crippen LogP) is 3.63. The van der Waals surface area contributed by atoms with Crippen molar-refractivity contribution >= 4 is 17.3 Å². The van der Waals surface area contributed by atoms with Gasteiger partial charge >= 0.3 is 5.97 Å². The molecule has 2 aromatic rings. The van der Waals surface area contributed by atoms with Gasteiger partial charge in [-0.15, -0.1) is 11.3 Å².